The molecule has 0 radical (unpaired) electrons. The molecule has 1 heterocycles. The molecule has 0 spiro atoms. The maximum atomic E-state index is 12.9. The fourth-order valence-corrected chi connectivity index (χ4v) is 1.57. The summed E-state index contributed by atoms with van der Waals surface area (Å²) in [5.41, 5.74) is 3.49. The number of phenols is 1. The molecule has 1 aromatic heterocycles. The highest BCUT2D eigenvalue weighted by atomic mass is 19.1. The molecule has 0 unspecified atom stereocenters. The fraction of sp³-hybridized carbons (Fsp3) is 0.0714. The first-order chi connectivity index (χ1) is 9.58. The van der Waals surface area contributed by atoms with Gasteiger partial charge in [-0.25, -0.2) is 9.82 Å². The summed E-state index contributed by atoms with van der Waals surface area (Å²) in [5.74, 6) is -1.17. The van der Waals surface area contributed by atoms with Crippen LogP contribution < -0.4 is 5.43 Å². The summed E-state index contributed by atoms with van der Waals surface area (Å²) in [6, 6.07) is 6.69. The molecule has 2 N–H and O–H groups in total. The number of carbonyl (C=O) groups is 1. The Morgan fingerprint density at radius 1 is 1.30 bits per heavy atom. The maximum Gasteiger partial charge on any atom is 0.271 e. The SMILES string of the molecule is CC(=NNC(=O)c1ccncc1)c1ccc(F)cc1O. The van der Waals surface area contributed by atoms with Gasteiger partial charge >= 0.3 is 0 Å². The van der Waals surface area contributed by atoms with E-state index in [1.165, 1.54) is 24.5 Å². The molecule has 0 saturated carbocycles. The van der Waals surface area contributed by atoms with Crippen molar-refractivity contribution in [3.8, 4) is 5.75 Å². The molecule has 102 valence electrons. The van der Waals surface area contributed by atoms with Gasteiger partial charge in [0, 0.05) is 29.6 Å². The number of hydrogen-bond acceptors (Lipinski definition) is 4. The number of nitrogens with one attached hydrogen (secondary N) is 1. The first-order valence-electron chi connectivity index (χ1n) is 5.81. The number of amides is 1. The smallest absolute Gasteiger partial charge is 0.271 e. The summed E-state index contributed by atoms with van der Waals surface area (Å²) in [6.07, 6.45) is 2.99. The number of hydrogen-bond donors (Lipinski definition) is 2. The van der Waals surface area contributed by atoms with Crippen molar-refractivity contribution in [2.24, 2.45) is 5.10 Å². The Kier molecular flexibility index (Phi) is 4.05. The molecule has 0 atom stereocenters. The fourth-order valence-electron chi connectivity index (χ4n) is 1.57. The van der Waals surface area contributed by atoms with Crippen LogP contribution in [0.15, 0.2) is 47.8 Å². The molecule has 6 heteroatoms. The second kappa shape index (κ2) is 5.92. The number of rotatable bonds is 3. The average molecular weight is 273 g/mol. The third-order valence-corrected chi connectivity index (χ3v) is 2.62. The van der Waals surface area contributed by atoms with E-state index in [0.29, 0.717) is 16.8 Å². The minimum atomic E-state index is -0.542. The third-order valence-electron chi connectivity index (χ3n) is 2.62. The topological polar surface area (TPSA) is 74.6 Å². The van der Waals surface area contributed by atoms with E-state index in [0.717, 1.165) is 6.07 Å². The van der Waals surface area contributed by atoms with E-state index in [4.69, 9.17) is 0 Å². The van der Waals surface area contributed by atoms with Crippen LogP contribution in [-0.4, -0.2) is 21.7 Å². The number of aromatic hydroxyl groups is 1. The van der Waals surface area contributed by atoms with Gasteiger partial charge in [0.15, 0.2) is 0 Å². The zero-order chi connectivity index (χ0) is 14.5. The lowest BCUT2D eigenvalue weighted by Gasteiger charge is -2.05. The maximum absolute atomic E-state index is 12.9. The van der Waals surface area contributed by atoms with Crippen LogP contribution in [0.4, 0.5) is 4.39 Å². The van der Waals surface area contributed by atoms with Crippen LogP contribution in [0, 0.1) is 5.82 Å². The summed E-state index contributed by atoms with van der Waals surface area (Å²) >= 11 is 0. The summed E-state index contributed by atoms with van der Waals surface area (Å²) in [5, 5.41) is 13.5. The van der Waals surface area contributed by atoms with Gasteiger partial charge in [-0.2, -0.15) is 5.10 Å². The Morgan fingerprint density at radius 2 is 2.00 bits per heavy atom. The number of nitrogens with zero attached hydrogens (tertiary/aromatic N) is 2. The number of pyridine rings is 1. The van der Waals surface area contributed by atoms with Crippen LogP contribution in [-0.2, 0) is 0 Å². The van der Waals surface area contributed by atoms with E-state index in [2.05, 4.69) is 15.5 Å². The Hall–Kier alpha value is -2.76. The minimum Gasteiger partial charge on any atom is -0.507 e. The van der Waals surface area contributed by atoms with Crippen LogP contribution in [0.3, 0.4) is 0 Å². The van der Waals surface area contributed by atoms with Gasteiger partial charge in [0.25, 0.3) is 5.91 Å². The van der Waals surface area contributed by atoms with Crippen LogP contribution >= 0.6 is 0 Å². The van der Waals surface area contributed by atoms with Gasteiger partial charge in [0.05, 0.1) is 5.71 Å². The van der Waals surface area contributed by atoms with Crippen molar-refractivity contribution in [2.45, 2.75) is 6.92 Å². The molecule has 1 amide bonds. The predicted octanol–water partition coefficient (Wildman–Crippen LogP) is 2.08. The van der Waals surface area contributed by atoms with Crippen LogP contribution in [0.2, 0.25) is 0 Å². The van der Waals surface area contributed by atoms with Gasteiger partial charge in [0.2, 0.25) is 0 Å². The zero-order valence-electron chi connectivity index (χ0n) is 10.7. The van der Waals surface area contributed by atoms with Crippen molar-refractivity contribution in [1.82, 2.24) is 10.4 Å². The Morgan fingerprint density at radius 3 is 2.65 bits per heavy atom. The van der Waals surface area contributed by atoms with Gasteiger partial charge in [-0.05, 0) is 31.2 Å². The van der Waals surface area contributed by atoms with E-state index >= 15 is 0 Å². The van der Waals surface area contributed by atoms with Crippen molar-refractivity contribution in [3.63, 3.8) is 0 Å². The van der Waals surface area contributed by atoms with Gasteiger partial charge < -0.3 is 5.11 Å². The average Bonchev–Trinajstić information content (AvgIpc) is 2.45. The summed E-state index contributed by atoms with van der Waals surface area (Å²) in [6.45, 7) is 1.60. The normalized spacial score (nSPS) is 11.2. The number of phenolic OH excluding ortho intramolecular Hbond substituents is 1. The molecule has 2 aromatic rings. The molecule has 0 aliphatic heterocycles. The lowest BCUT2D eigenvalue weighted by Crippen LogP contribution is -2.19. The standard InChI is InChI=1S/C14H12FN3O2/c1-9(12-3-2-11(15)8-13(12)19)17-18-14(20)10-4-6-16-7-5-10/h2-8,19H,1H3,(H,18,20). The monoisotopic (exact) mass is 273 g/mol. The molecule has 1 aromatic carbocycles. The highest BCUT2D eigenvalue weighted by molar-refractivity contribution is 6.02. The summed E-state index contributed by atoms with van der Waals surface area (Å²) in [7, 11) is 0. The highest BCUT2D eigenvalue weighted by Gasteiger charge is 2.07. The molecule has 0 aliphatic rings. The lowest BCUT2D eigenvalue weighted by molar-refractivity contribution is 0.0954. The third kappa shape index (κ3) is 3.17. The van der Waals surface area contributed by atoms with Gasteiger partial charge in [0.1, 0.15) is 11.6 Å². The van der Waals surface area contributed by atoms with Crippen molar-refractivity contribution < 1.29 is 14.3 Å². The van der Waals surface area contributed by atoms with E-state index in [1.54, 1.807) is 19.1 Å². The molecular weight excluding hydrogens is 261 g/mol. The van der Waals surface area contributed by atoms with Gasteiger partial charge in [-0.3, -0.25) is 9.78 Å². The zero-order valence-corrected chi connectivity index (χ0v) is 10.7. The number of aromatic nitrogens is 1. The van der Waals surface area contributed by atoms with Crippen molar-refractivity contribution in [1.29, 1.82) is 0 Å². The van der Waals surface area contributed by atoms with Gasteiger partial charge in [-0.15, -0.1) is 0 Å². The van der Waals surface area contributed by atoms with Crippen molar-refractivity contribution >= 4 is 11.6 Å². The Balaban J connectivity index is 2.13. The van der Waals surface area contributed by atoms with Crippen LogP contribution in [0.1, 0.15) is 22.8 Å². The second-order valence-electron chi connectivity index (χ2n) is 4.04. The molecule has 0 saturated heterocycles. The van der Waals surface area contributed by atoms with Crippen molar-refractivity contribution in [3.05, 3.63) is 59.7 Å². The summed E-state index contributed by atoms with van der Waals surface area (Å²) in [4.78, 5) is 15.6. The molecule has 0 aliphatic carbocycles. The van der Waals surface area contributed by atoms with Crippen molar-refractivity contribution in [2.75, 3.05) is 0 Å². The summed E-state index contributed by atoms with van der Waals surface area (Å²) < 4.78 is 12.9. The predicted molar refractivity (Wildman–Crippen MR) is 72.0 cm³/mol. The number of benzene rings is 1. The lowest BCUT2D eigenvalue weighted by atomic mass is 10.1. The number of halogens is 1. The molecule has 20 heavy (non-hydrogen) atoms. The van der Waals surface area contributed by atoms with Gasteiger partial charge in [-0.1, -0.05) is 0 Å². The van der Waals surface area contributed by atoms with E-state index < -0.39 is 11.7 Å². The van der Waals surface area contributed by atoms with Crippen LogP contribution in [0.5, 0.6) is 5.75 Å². The molecule has 5 nitrogen and oxygen atoms in total. The van der Waals surface area contributed by atoms with E-state index in [-0.39, 0.29) is 5.75 Å². The quantitative estimate of drug-likeness (QED) is 0.664. The van der Waals surface area contributed by atoms with E-state index in [9.17, 15) is 14.3 Å². The molecule has 0 bridgehead atoms. The van der Waals surface area contributed by atoms with Crippen LogP contribution in [0.25, 0.3) is 0 Å². The first kappa shape index (κ1) is 13.7. The highest BCUT2D eigenvalue weighted by Crippen LogP contribution is 2.18. The molecule has 2 rings (SSSR count). The number of hydrazone groups is 1. The first-order valence-corrected chi connectivity index (χ1v) is 5.81. The number of carbonyl (C=O) groups excluding carboxylic acids is 1. The Bertz CT molecular complexity index is 657. The minimum absolute atomic E-state index is 0.232. The second-order valence-corrected chi connectivity index (χ2v) is 4.04. The largest absolute Gasteiger partial charge is 0.507 e. The molecular formula is C14H12FN3O2. The Labute approximate surface area is 114 Å². The molecule has 0 fully saturated rings. The van der Waals surface area contributed by atoms with E-state index in [1.807, 2.05) is 0 Å².